The first-order valence-electron chi connectivity index (χ1n) is 4.74. The Hall–Kier alpha value is -1.25. The largest absolute Gasteiger partial charge is 0.397 e. The number of nitrogens with zero attached hydrogens (tertiary/aromatic N) is 2. The molecule has 0 radical (unpaired) electrons. The Morgan fingerprint density at radius 2 is 2.15 bits per heavy atom. The van der Waals surface area contributed by atoms with Gasteiger partial charge in [0.25, 0.3) is 0 Å². The van der Waals surface area contributed by atoms with Crippen LogP contribution in [0.5, 0.6) is 0 Å². The highest BCUT2D eigenvalue weighted by molar-refractivity contribution is 5.45. The first-order valence-corrected chi connectivity index (χ1v) is 4.74. The van der Waals surface area contributed by atoms with E-state index in [2.05, 4.69) is 23.7 Å². The van der Waals surface area contributed by atoms with Crippen LogP contribution in [0.25, 0.3) is 0 Å². The normalized spacial score (nSPS) is 10.0. The van der Waals surface area contributed by atoms with Crippen LogP contribution in [-0.4, -0.2) is 18.1 Å². The highest BCUT2D eigenvalue weighted by atomic mass is 15.2. The van der Waals surface area contributed by atoms with Crippen LogP contribution in [0.4, 0.5) is 11.5 Å². The van der Waals surface area contributed by atoms with E-state index in [4.69, 9.17) is 5.73 Å². The molecule has 2 N–H and O–H groups in total. The number of hydrogen-bond donors (Lipinski definition) is 1. The third kappa shape index (κ3) is 2.61. The minimum Gasteiger partial charge on any atom is -0.397 e. The molecule has 1 aromatic rings. The van der Waals surface area contributed by atoms with Crippen LogP contribution in [-0.2, 0) is 0 Å². The molecular formula is C10H17N3. The van der Waals surface area contributed by atoms with Crippen molar-refractivity contribution in [2.75, 3.05) is 23.7 Å². The maximum atomic E-state index is 5.56. The molecule has 0 aliphatic rings. The molecule has 72 valence electrons. The Morgan fingerprint density at radius 1 is 1.38 bits per heavy atom. The van der Waals surface area contributed by atoms with Crippen LogP contribution in [0.1, 0.15) is 20.3 Å². The molecule has 13 heavy (non-hydrogen) atoms. The molecular weight excluding hydrogens is 162 g/mol. The average molecular weight is 179 g/mol. The van der Waals surface area contributed by atoms with Crippen LogP contribution in [0.3, 0.4) is 0 Å². The van der Waals surface area contributed by atoms with E-state index in [0.29, 0.717) is 0 Å². The van der Waals surface area contributed by atoms with Gasteiger partial charge in [0.1, 0.15) is 5.82 Å². The van der Waals surface area contributed by atoms with Gasteiger partial charge in [0, 0.05) is 13.1 Å². The predicted molar refractivity (Wildman–Crippen MR) is 56.8 cm³/mol. The summed E-state index contributed by atoms with van der Waals surface area (Å²) in [4.78, 5) is 6.50. The van der Waals surface area contributed by atoms with E-state index in [9.17, 15) is 0 Å². The van der Waals surface area contributed by atoms with Gasteiger partial charge < -0.3 is 10.6 Å². The van der Waals surface area contributed by atoms with Gasteiger partial charge in [0.2, 0.25) is 0 Å². The zero-order chi connectivity index (χ0) is 9.68. The smallest absolute Gasteiger partial charge is 0.128 e. The molecule has 0 spiro atoms. The standard InChI is InChI=1S/C10H17N3/c1-3-7-13(4-2)10-6-5-9(11)8-12-10/h5-6,8H,3-4,7,11H2,1-2H3. The summed E-state index contributed by atoms with van der Waals surface area (Å²) in [5.41, 5.74) is 6.28. The van der Waals surface area contributed by atoms with Crippen LogP contribution in [0.2, 0.25) is 0 Å². The number of pyridine rings is 1. The van der Waals surface area contributed by atoms with E-state index in [1.807, 2.05) is 12.1 Å². The second kappa shape index (κ2) is 4.70. The van der Waals surface area contributed by atoms with Gasteiger partial charge in [0.05, 0.1) is 11.9 Å². The van der Waals surface area contributed by atoms with Crippen molar-refractivity contribution in [3.8, 4) is 0 Å². The van der Waals surface area contributed by atoms with E-state index in [-0.39, 0.29) is 0 Å². The molecule has 0 aliphatic heterocycles. The molecule has 0 saturated carbocycles. The molecule has 0 fully saturated rings. The number of anilines is 2. The van der Waals surface area contributed by atoms with Gasteiger partial charge in [-0.15, -0.1) is 0 Å². The Bertz CT molecular complexity index is 243. The Morgan fingerprint density at radius 3 is 2.62 bits per heavy atom. The lowest BCUT2D eigenvalue weighted by molar-refractivity contribution is 0.779. The van der Waals surface area contributed by atoms with Crippen molar-refractivity contribution >= 4 is 11.5 Å². The van der Waals surface area contributed by atoms with Crippen LogP contribution >= 0.6 is 0 Å². The Labute approximate surface area is 79.6 Å². The molecule has 0 aromatic carbocycles. The van der Waals surface area contributed by atoms with Crippen molar-refractivity contribution in [1.29, 1.82) is 0 Å². The average Bonchev–Trinajstić information content (AvgIpc) is 2.16. The lowest BCUT2D eigenvalue weighted by Crippen LogP contribution is -2.24. The molecule has 1 heterocycles. The van der Waals surface area contributed by atoms with E-state index in [1.165, 1.54) is 0 Å². The molecule has 1 aromatic heterocycles. The van der Waals surface area contributed by atoms with Crippen molar-refractivity contribution in [1.82, 2.24) is 4.98 Å². The third-order valence-electron chi connectivity index (χ3n) is 1.97. The fraction of sp³-hybridized carbons (Fsp3) is 0.500. The summed E-state index contributed by atoms with van der Waals surface area (Å²) in [6.07, 6.45) is 2.84. The predicted octanol–water partition coefficient (Wildman–Crippen LogP) is 1.90. The van der Waals surface area contributed by atoms with Gasteiger partial charge in [-0.05, 0) is 25.5 Å². The number of aromatic nitrogens is 1. The lowest BCUT2D eigenvalue weighted by Gasteiger charge is -2.20. The third-order valence-corrected chi connectivity index (χ3v) is 1.97. The van der Waals surface area contributed by atoms with E-state index in [1.54, 1.807) is 6.20 Å². The number of nitrogens with two attached hydrogens (primary N) is 1. The lowest BCUT2D eigenvalue weighted by atomic mass is 10.3. The number of rotatable bonds is 4. The maximum absolute atomic E-state index is 5.56. The van der Waals surface area contributed by atoms with Crippen LogP contribution < -0.4 is 10.6 Å². The Balaban J connectivity index is 2.73. The summed E-state index contributed by atoms with van der Waals surface area (Å²) >= 11 is 0. The maximum Gasteiger partial charge on any atom is 0.128 e. The molecule has 3 heteroatoms. The molecule has 0 aliphatic carbocycles. The molecule has 0 amide bonds. The topological polar surface area (TPSA) is 42.1 Å². The zero-order valence-corrected chi connectivity index (χ0v) is 8.33. The first kappa shape index (κ1) is 9.84. The molecule has 3 nitrogen and oxygen atoms in total. The molecule has 1 rings (SSSR count). The summed E-state index contributed by atoms with van der Waals surface area (Å²) < 4.78 is 0. The zero-order valence-electron chi connectivity index (χ0n) is 8.33. The fourth-order valence-electron chi connectivity index (χ4n) is 1.29. The minimum absolute atomic E-state index is 0.719. The minimum atomic E-state index is 0.719. The van der Waals surface area contributed by atoms with E-state index in [0.717, 1.165) is 31.0 Å². The van der Waals surface area contributed by atoms with Gasteiger partial charge in [-0.3, -0.25) is 0 Å². The number of hydrogen-bond acceptors (Lipinski definition) is 3. The van der Waals surface area contributed by atoms with Gasteiger partial charge in [-0.2, -0.15) is 0 Å². The van der Waals surface area contributed by atoms with Gasteiger partial charge in [0.15, 0.2) is 0 Å². The second-order valence-electron chi connectivity index (χ2n) is 3.03. The summed E-state index contributed by atoms with van der Waals surface area (Å²) in [5, 5.41) is 0. The van der Waals surface area contributed by atoms with Crippen molar-refractivity contribution in [3.63, 3.8) is 0 Å². The van der Waals surface area contributed by atoms with Crippen molar-refractivity contribution in [3.05, 3.63) is 18.3 Å². The Kier molecular flexibility index (Phi) is 3.55. The summed E-state index contributed by atoms with van der Waals surface area (Å²) in [5.74, 6) is 1.01. The van der Waals surface area contributed by atoms with Gasteiger partial charge >= 0.3 is 0 Å². The van der Waals surface area contributed by atoms with Gasteiger partial charge in [-0.25, -0.2) is 4.98 Å². The summed E-state index contributed by atoms with van der Waals surface area (Å²) in [6, 6.07) is 3.86. The fourth-order valence-corrected chi connectivity index (χ4v) is 1.29. The van der Waals surface area contributed by atoms with Crippen molar-refractivity contribution < 1.29 is 0 Å². The van der Waals surface area contributed by atoms with E-state index >= 15 is 0 Å². The monoisotopic (exact) mass is 179 g/mol. The summed E-state index contributed by atoms with van der Waals surface area (Å²) in [7, 11) is 0. The molecule has 0 atom stereocenters. The molecule has 0 saturated heterocycles. The second-order valence-corrected chi connectivity index (χ2v) is 3.03. The van der Waals surface area contributed by atoms with E-state index < -0.39 is 0 Å². The summed E-state index contributed by atoms with van der Waals surface area (Å²) in [6.45, 7) is 6.34. The first-order chi connectivity index (χ1) is 6.27. The van der Waals surface area contributed by atoms with Crippen LogP contribution in [0, 0.1) is 0 Å². The van der Waals surface area contributed by atoms with Gasteiger partial charge in [-0.1, -0.05) is 6.92 Å². The van der Waals surface area contributed by atoms with Crippen LogP contribution in [0.15, 0.2) is 18.3 Å². The highest BCUT2D eigenvalue weighted by Gasteiger charge is 2.02. The van der Waals surface area contributed by atoms with Crippen molar-refractivity contribution in [2.24, 2.45) is 0 Å². The SMILES string of the molecule is CCCN(CC)c1ccc(N)cn1. The molecule has 0 unspecified atom stereocenters. The number of nitrogen functional groups attached to an aromatic ring is 1. The highest BCUT2D eigenvalue weighted by Crippen LogP contribution is 2.11. The molecule has 0 bridgehead atoms. The quantitative estimate of drug-likeness (QED) is 0.767. The van der Waals surface area contributed by atoms with Crippen molar-refractivity contribution in [2.45, 2.75) is 20.3 Å².